The quantitative estimate of drug-likeness (QED) is 0.307. The van der Waals surface area contributed by atoms with Crippen molar-refractivity contribution in [3.8, 4) is 0 Å². The van der Waals surface area contributed by atoms with Gasteiger partial charge in [0.05, 0.1) is 6.61 Å². The van der Waals surface area contributed by atoms with Crippen LogP contribution in [0.1, 0.15) is 20.8 Å². The SMILES string of the molecule is CC(C)(C)[C@H]1COC(=C2C=CC=C2I)[N-]1.[Fe+2].c1cc[cH-]c1. The first-order valence-corrected chi connectivity index (χ1v) is 7.85. The molecule has 2 aliphatic rings. The van der Waals surface area contributed by atoms with E-state index in [-0.39, 0.29) is 28.5 Å². The number of halogens is 1. The minimum absolute atomic E-state index is 0. The van der Waals surface area contributed by atoms with Crippen molar-refractivity contribution in [1.82, 2.24) is 0 Å². The molecule has 0 amide bonds. The minimum atomic E-state index is 0. The van der Waals surface area contributed by atoms with E-state index < -0.39 is 0 Å². The summed E-state index contributed by atoms with van der Waals surface area (Å²) in [5.41, 5.74) is 1.31. The molecular formula is C17H20FeINO. The fraction of sp³-hybridized carbons (Fsp3) is 0.353. The molecule has 0 aromatic heterocycles. The summed E-state index contributed by atoms with van der Waals surface area (Å²) in [7, 11) is 0. The molecular weight excluding hydrogens is 417 g/mol. The van der Waals surface area contributed by atoms with Gasteiger partial charge in [-0.3, -0.25) is 0 Å². The molecule has 0 spiro atoms. The van der Waals surface area contributed by atoms with Gasteiger partial charge < -0.3 is 10.1 Å². The van der Waals surface area contributed by atoms with Crippen molar-refractivity contribution >= 4 is 22.6 Å². The van der Waals surface area contributed by atoms with Crippen LogP contribution in [0.15, 0.2) is 63.6 Å². The average molecular weight is 437 g/mol. The molecule has 21 heavy (non-hydrogen) atoms. The summed E-state index contributed by atoms with van der Waals surface area (Å²) in [4.78, 5) is 0. The molecule has 1 heterocycles. The van der Waals surface area contributed by atoms with E-state index in [0.717, 1.165) is 11.5 Å². The van der Waals surface area contributed by atoms with E-state index in [9.17, 15) is 0 Å². The van der Waals surface area contributed by atoms with Crippen molar-refractivity contribution in [2.45, 2.75) is 26.8 Å². The molecule has 0 radical (unpaired) electrons. The van der Waals surface area contributed by atoms with Gasteiger partial charge in [0.2, 0.25) is 0 Å². The fourth-order valence-electron chi connectivity index (χ4n) is 1.86. The maximum absolute atomic E-state index is 5.66. The summed E-state index contributed by atoms with van der Waals surface area (Å²) in [6.45, 7) is 7.30. The van der Waals surface area contributed by atoms with Crippen LogP contribution in [0.25, 0.3) is 5.32 Å². The number of hydrogen-bond acceptors (Lipinski definition) is 1. The number of allylic oxidation sites excluding steroid dienone is 5. The van der Waals surface area contributed by atoms with Crippen LogP contribution in [-0.2, 0) is 21.8 Å². The van der Waals surface area contributed by atoms with E-state index in [1.165, 1.54) is 3.58 Å². The summed E-state index contributed by atoms with van der Waals surface area (Å²) in [6, 6.07) is 10.3. The second-order valence-electron chi connectivity index (χ2n) is 5.88. The molecule has 1 atom stereocenters. The number of nitrogens with zero attached hydrogens (tertiary/aromatic N) is 1. The van der Waals surface area contributed by atoms with Gasteiger partial charge >= 0.3 is 17.1 Å². The summed E-state index contributed by atoms with van der Waals surface area (Å²) in [5.74, 6) is 0.810. The largest absolute Gasteiger partial charge is 2.00 e. The van der Waals surface area contributed by atoms with E-state index in [2.05, 4.69) is 60.8 Å². The minimum Gasteiger partial charge on any atom is -0.648 e. The van der Waals surface area contributed by atoms with Crippen LogP contribution in [0.4, 0.5) is 0 Å². The average Bonchev–Trinajstić information content (AvgIpc) is 3.11. The smallest absolute Gasteiger partial charge is 0.648 e. The van der Waals surface area contributed by atoms with Gasteiger partial charge in [-0.2, -0.15) is 18.2 Å². The predicted molar refractivity (Wildman–Crippen MR) is 92.9 cm³/mol. The molecule has 114 valence electrons. The molecule has 1 fully saturated rings. The second-order valence-corrected chi connectivity index (χ2v) is 7.04. The van der Waals surface area contributed by atoms with E-state index in [0.29, 0.717) is 6.61 Å². The number of hydrogen-bond donors (Lipinski definition) is 0. The first-order valence-electron chi connectivity index (χ1n) is 6.77. The first-order chi connectivity index (χ1) is 9.48. The summed E-state index contributed by atoms with van der Waals surface area (Å²) in [6.07, 6.45) is 6.17. The van der Waals surface area contributed by atoms with Crippen molar-refractivity contribution < 1.29 is 21.8 Å². The fourth-order valence-corrected chi connectivity index (χ4v) is 2.48. The summed E-state index contributed by atoms with van der Waals surface area (Å²) >= 11 is 2.31. The normalized spacial score (nSPS) is 23.4. The van der Waals surface area contributed by atoms with Crippen molar-refractivity contribution in [3.05, 3.63) is 68.9 Å². The molecule has 1 aliphatic heterocycles. The van der Waals surface area contributed by atoms with Crippen molar-refractivity contribution in [3.63, 3.8) is 0 Å². The van der Waals surface area contributed by atoms with Crippen LogP contribution < -0.4 is 0 Å². The van der Waals surface area contributed by atoms with Gasteiger partial charge in [0.1, 0.15) is 0 Å². The molecule has 1 aromatic carbocycles. The Labute approximate surface area is 151 Å². The standard InChI is InChI=1S/C12H15INO.C5H5.Fe/c1-12(2,3)10-7-15-11(14-10)8-5-4-6-9(8)13;1-2-4-5-3-1;/h4-6,10H,7H2,1-3H3;1-5H;/q2*-1;+2/t10-;;/m1../s1. The Morgan fingerprint density at radius 1 is 1.29 bits per heavy atom. The zero-order valence-corrected chi connectivity index (χ0v) is 15.8. The van der Waals surface area contributed by atoms with Gasteiger partial charge in [-0.05, 0) is 34.1 Å². The Morgan fingerprint density at radius 3 is 2.33 bits per heavy atom. The molecule has 3 rings (SSSR count). The van der Waals surface area contributed by atoms with Gasteiger partial charge in [-0.25, -0.2) is 12.1 Å². The van der Waals surface area contributed by atoms with Crippen LogP contribution in [0, 0.1) is 5.41 Å². The van der Waals surface area contributed by atoms with Crippen LogP contribution in [-0.4, -0.2) is 12.6 Å². The van der Waals surface area contributed by atoms with E-state index in [1.807, 2.05) is 36.4 Å². The molecule has 0 N–H and O–H groups in total. The van der Waals surface area contributed by atoms with Gasteiger partial charge in [-0.15, -0.1) is 0 Å². The molecule has 1 aliphatic carbocycles. The van der Waals surface area contributed by atoms with Crippen molar-refractivity contribution in [2.75, 3.05) is 6.61 Å². The maximum Gasteiger partial charge on any atom is 2.00 e. The molecule has 1 aromatic rings. The molecule has 2 nitrogen and oxygen atoms in total. The Hall–Kier alpha value is -0.581. The number of ether oxygens (including phenoxy) is 1. The Morgan fingerprint density at radius 2 is 1.95 bits per heavy atom. The maximum atomic E-state index is 5.66. The monoisotopic (exact) mass is 437 g/mol. The van der Waals surface area contributed by atoms with Crippen LogP contribution >= 0.6 is 22.6 Å². The zero-order valence-electron chi connectivity index (χ0n) is 12.5. The topological polar surface area (TPSA) is 23.3 Å². The third-order valence-corrected chi connectivity index (χ3v) is 4.14. The first kappa shape index (κ1) is 18.5. The molecule has 4 heteroatoms. The molecule has 0 unspecified atom stereocenters. The third kappa shape index (κ3) is 5.28. The summed E-state index contributed by atoms with van der Waals surface area (Å²) in [5, 5.41) is 4.65. The van der Waals surface area contributed by atoms with Gasteiger partial charge in [0, 0.05) is 15.0 Å². The Bertz CT molecular complexity index is 506. The Balaban J connectivity index is 0.000000313. The van der Waals surface area contributed by atoms with E-state index >= 15 is 0 Å². The predicted octanol–water partition coefficient (Wildman–Crippen LogP) is 5.31. The van der Waals surface area contributed by atoms with Gasteiger partial charge in [-0.1, -0.05) is 39.0 Å². The van der Waals surface area contributed by atoms with Crippen LogP contribution in [0.5, 0.6) is 0 Å². The van der Waals surface area contributed by atoms with E-state index in [1.54, 1.807) is 0 Å². The van der Waals surface area contributed by atoms with Gasteiger partial charge in [0.15, 0.2) is 0 Å². The van der Waals surface area contributed by atoms with Crippen molar-refractivity contribution in [2.24, 2.45) is 5.41 Å². The molecule has 1 saturated heterocycles. The third-order valence-electron chi connectivity index (χ3n) is 3.20. The van der Waals surface area contributed by atoms with Crippen molar-refractivity contribution in [1.29, 1.82) is 0 Å². The molecule has 0 bridgehead atoms. The number of rotatable bonds is 0. The van der Waals surface area contributed by atoms with Gasteiger partial charge in [0.25, 0.3) is 0 Å². The van der Waals surface area contributed by atoms with E-state index in [4.69, 9.17) is 4.74 Å². The summed E-state index contributed by atoms with van der Waals surface area (Å²) < 4.78 is 6.87. The zero-order chi connectivity index (χ0) is 14.6. The van der Waals surface area contributed by atoms with Crippen LogP contribution in [0.2, 0.25) is 0 Å². The van der Waals surface area contributed by atoms with Crippen LogP contribution in [0.3, 0.4) is 0 Å². The second kappa shape index (κ2) is 8.16. The Kier molecular flexibility index (Phi) is 7.17. The molecule has 0 saturated carbocycles.